The van der Waals surface area contributed by atoms with Gasteiger partial charge >= 0.3 is 6.18 Å². The van der Waals surface area contributed by atoms with Gasteiger partial charge in [0.1, 0.15) is 22.5 Å². The van der Waals surface area contributed by atoms with E-state index in [1.807, 2.05) is 24.3 Å². The molecule has 0 atom stereocenters. The SMILES string of the molecule is Oc1ccc(CN(Cc2ccc(C(F)(F)F)cc2)Cc2ccc(O)c3ncccc23)c2cccnc12. The molecule has 5 aromatic rings. The van der Waals surface area contributed by atoms with Crippen molar-refractivity contribution in [3.05, 3.63) is 107 Å². The Morgan fingerprint density at radius 3 is 1.61 bits per heavy atom. The zero-order valence-electron chi connectivity index (χ0n) is 19.1. The summed E-state index contributed by atoms with van der Waals surface area (Å²) in [6, 6.07) is 19.4. The monoisotopic (exact) mass is 489 g/mol. The maximum atomic E-state index is 13.1. The smallest absolute Gasteiger partial charge is 0.416 e. The second kappa shape index (κ2) is 9.47. The normalized spacial score (nSPS) is 12.0. The summed E-state index contributed by atoms with van der Waals surface area (Å²) < 4.78 is 39.2. The minimum atomic E-state index is -4.39. The number of aromatic hydroxyl groups is 2. The number of phenols is 2. The van der Waals surface area contributed by atoms with Crippen LogP contribution in [0.25, 0.3) is 21.8 Å². The molecule has 8 heteroatoms. The fourth-order valence-electron chi connectivity index (χ4n) is 4.42. The number of hydrogen-bond donors (Lipinski definition) is 2. The van der Waals surface area contributed by atoms with Crippen molar-refractivity contribution < 1.29 is 23.4 Å². The molecular weight excluding hydrogens is 467 g/mol. The number of benzene rings is 3. The van der Waals surface area contributed by atoms with Crippen LogP contribution in [0, 0.1) is 0 Å². The quantitative estimate of drug-likeness (QED) is 0.288. The summed E-state index contributed by atoms with van der Waals surface area (Å²) in [6.07, 6.45) is -1.17. The summed E-state index contributed by atoms with van der Waals surface area (Å²) in [6.45, 7) is 1.28. The minimum absolute atomic E-state index is 0.0826. The maximum absolute atomic E-state index is 13.1. The number of fused-ring (bicyclic) bond motifs is 2. The predicted molar refractivity (Wildman–Crippen MR) is 131 cm³/mol. The Labute approximate surface area is 205 Å². The lowest BCUT2D eigenvalue weighted by Crippen LogP contribution is -2.23. The highest BCUT2D eigenvalue weighted by Gasteiger charge is 2.30. The number of alkyl halides is 3. The Hall–Kier alpha value is -4.17. The number of nitrogens with zero attached hydrogens (tertiary/aromatic N) is 3. The van der Waals surface area contributed by atoms with Crippen molar-refractivity contribution in [3.63, 3.8) is 0 Å². The highest BCUT2D eigenvalue weighted by Crippen LogP contribution is 2.31. The summed E-state index contributed by atoms with van der Waals surface area (Å²) in [7, 11) is 0. The lowest BCUT2D eigenvalue weighted by atomic mass is 10.0. The molecule has 2 heterocycles. The van der Waals surface area contributed by atoms with Crippen LogP contribution in [0.3, 0.4) is 0 Å². The van der Waals surface area contributed by atoms with Gasteiger partial charge in [0, 0.05) is 42.8 Å². The molecule has 0 spiro atoms. The molecule has 0 bridgehead atoms. The summed E-state index contributed by atoms with van der Waals surface area (Å²) in [5.74, 6) is 0.165. The van der Waals surface area contributed by atoms with E-state index in [-0.39, 0.29) is 11.5 Å². The molecule has 0 fully saturated rings. The number of aromatic nitrogens is 2. The van der Waals surface area contributed by atoms with Crippen LogP contribution in [0.1, 0.15) is 22.3 Å². The molecule has 5 rings (SSSR count). The summed E-state index contributed by atoms with van der Waals surface area (Å²) in [4.78, 5) is 10.7. The Morgan fingerprint density at radius 1 is 0.639 bits per heavy atom. The third-order valence-electron chi connectivity index (χ3n) is 6.15. The van der Waals surface area contributed by atoms with Crippen LogP contribution in [0.15, 0.2) is 85.2 Å². The molecular formula is C28H22F3N3O2. The van der Waals surface area contributed by atoms with Crippen LogP contribution in [0.2, 0.25) is 0 Å². The van der Waals surface area contributed by atoms with Crippen molar-refractivity contribution in [2.75, 3.05) is 0 Å². The van der Waals surface area contributed by atoms with Crippen molar-refractivity contribution in [2.24, 2.45) is 0 Å². The predicted octanol–water partition coefficient (Wildman–Crippen LogP) is 6.42. The van der Waals surface area contributed by atoms with Crippen LogP contribution in [0.5, 0.6) is 11.5 Å². The number of halogens is 3. The molecule has 0 unspecified atom stereocenters. The number of rotatable bonds is 6. The molecule has 0 saturated heterocycles. The first-order valence-electron chi connectivity index (χ1n) is 11.3. The largest absolute Gasteiger partial charge is 0.506 e. The van der Waals surface area contributed by atoms with Crippen LogP contribution >= 0.6 is 0 Å². The Kier molecular flexibility index (Phi) is 6.20. The summed E-state index contributed by atoms with van der Waals surface area (Å²) in [5.41, 5.74) is 2.86. The average Bonchev–Trinajstić information content (AvgIpc) is 2.87. The molecule has 2 aromatic heterocycles. The number of phenolic OH excluding ortho intramolecular Hbond substituents is 2. The van der Waals surface area contributed by atoms with E-state index in [1.165, 1.54) is 12.1 Å². The molecule has 0 saturated carbocycles. The molecule has 0 aliphatic carbocycles. The molecule has 182 valence electrons. The fraction of sp³-hybridized carbons (Fsp3) is 0.143. The van der Waals surface area contributed by atoms with Crippen LogP contribution < -0.4 is 0 Å². The first-order valence-corrected chi connectivity index (χ1v) is 11.3. The van der Waals surface area contributed by atoms with Crippen LogP contribution in [-0.2, 0) is 25.8 Å². The molecule has 0 aliphatic rings. The van der Waals surface area contributed by atoms with Gasteiger partial charge in [-0.1, -0.05) is 36.4 Å². The Balaban J connectivity index is 1.52. The van der Waals surface area contributed by atoms with Gasteiger partial charge in [0.2, 0.25) is 0 Å². The van der Waals surface area contributed by atoms with Gasteiger partial charge in [0.25, 0.3) is 0 Å². The van der Waals surface area contributed by atoms with Gasteiger partial charge in [-0.2, -0.15) is 13.2 Å². The second-order valence-electron chi connectivity index (χ2n) is 8.63. The number of pyridine rings is 2. The fourth-order valence-corrected chi connectivity index (χ4v) is 4.42. The zero-order valence-corrected chi connectivity index (χ0v) is 19.1. The minimum Gasteiger partial charge on any atom is -0.506 e. The Bertz CT molecular complexity index is 1450. The molecule has 0 aliphatic heterocycles. The molecule has 3 aromatic carbocycles. The van der Waals surface area contributed by atoms with Gasteiger partial charge in [-0.15, -0.1) is 0 Å². The van der Waals surface area contributed by atoms with Crippen molar-refractivity contribution >= 4 is 21.8 Å². The summed E-state index contributed by atoms with van der Waals surface area (Å²) in [5, 5.41) is 22.1. The van der Waals surface area contributed by atoms with E-state index < -0.39 is 11.7 Å². The second-order valence-corrected chi connectivity index (χ2v) is 8.63. The van der Waals surface area contributed by atoms with E-state index in [0.29, 0.717) is 30.7 Å². The van der Waals surface area contributed by atoms with E-state index in [0.717, 1.165) is 39.6 Å². The standard InChI is InChI=1S/C28H22F3N3O2/c29-28(30,31)21-9-5-18(6-10-21)15-34(16-19-7-11-24(35)26-22(19)3-1-13-32-26)17-20-8-12-25(36)27-23(20)4-2-14-33-27/h1-14,35-36H,15-17H2. The van der Waals surface area contributed by atoms with Gasteiger partial charge in [-0.25, -0.2) is 0 Å². The lowest BCUT2D eigenvalue weighted by Gasteiger charge is -2.24. The molecule has 36 heavy (non-hydrogen) atoms. The highest BCUT2D eigenvalue weighted by molar-refractivity contribution is 5.88. The molecule has 0 amide bonds. The van der Waals surface area contributed by atoms with Crippen LogP contribution in [0.4, 0.5) is 13.2 Å². The van der Waals surface area contributed by atoms with E-state index in [9.17, 15) is 23.4 Å². The molecule has 5 nitrogen and oxygen atoms in total. The van der Waals surface area contributed by atoms with Gasteiger partial charge in [-0.05, 0) is 53.1 Å². The topological polar surface area (TPSA) is 69.5 Å². The Morgan fingerprint density at radius 2 is 1.14 bits per heavy atom. The van der Waals surface area contributed by atoms with Crippen molar-refractivity contribution in [2.45, 2.75) is 25.8 Å². The first kappa shape index (κ1) is 23.6. The maximum Gasteiger partial charge on any atom is 0.416 e. The summed E-state index contributed by atoms with van der Waals surface area (Å²) >= 11 is 0. The number of hydrogen-bond acceptors (Lipinski definition) is 5. The third-order valence-corrected chi connectivity index (χ3v) is 6.15. The van der Waals surface area contributed by atoms with Gasteiger partial charge in [-0.3, -0.25) is 14.9 Å². The van der Waals surface area contributed by atoms with E-state index in [1.54, 1.807) is 36.7 Å². The van der Waals surface area contributed by atoms with Gasteiger partial charge in [0.05, 0.1) is 5.56 Å². The first-order chi connectivity index (χ1) is 17.3. The zero-order chi connectivity index (χ0) is 25.3. The molecule has 0 radical (unpaired) electrons. The highest BCUT2D eigenvalue weighted by atomic mass is 19.4. The van der Waals surface area contributed by atoms with E-state index in [4.69, 9.17) is 0 Å². The van der Waals surface area contributed by atoms with E-state index in [2.05, 4.69) is 14.9 Å². The van der Waals surface area contributed by atoms with Crippen molar-refractivity contribution in [1.82, 2.24) is 14.9 Å². The lowest BCUT2D eigenvalue weighted by molar-refractivity contribution is -0.137. The molecule has 2 N–H and O–H groups in total. The van der Waals surface area contributed by atoms with Gasteiger partial charge < -0.3 is 10.2 Å². The van der Waals surface area contributed by atoms with Gasteiger partial charge in [0.15, 0.2) is 0 Å². The van der Waals surface area contributed by atoms with E-state index >= 15 is 0 Å². The van der Waals surface area contributed by atoms with Crippen molar-refractivity contribution in [1.29, 1.82) is 0 Å². The van der Waals surface area contributed by atoms with Crippen molar-refractivity contribution in [3.8, 4) is 11.5 Å². The average molecular weight is 489 g/mol. The van der Waals surface area contributed by atoms with Crippen LogP contribution in [-0.4, -0.2) is 25.1 Å². The third kappa shape index (κ3) is 4.81.